The topological polar surface area (TPSA) is 37.3 Å². The Morgan fingerprint density at radius 1 is 0.917 bits per heavy atom. The van der Waals surface area contributed by atoms with Gasteiger partial charge in [-0.25, -0.2) is 0 Å². The van der Waals surface area contributed by atoms with E-state index in [1.807, 2.05) is 6.92 Å². The van der Waals surface area contributed by atoms with Crippen molar-refractivity contribution in [3.8, 4) is 0 Å². The van der Waals surface area contributed by atoms with Crippen LogP contribution in [0.2, 0.25) is 0 Å². The van der Waals surface area contributed by atoms with Crippen molar-refractivity contribution < 1.29 is 9.90 Å². The molecule has 4 saturated carbocycles. The number of rotatable bonds is 2. The predicted molar refractivity (Wildman–Crippen MR) is 96.6 cm³/mol. The lowest BCUT2D eigenvalue weighted by Gasteiger charge is -2.60. The van der Waals surface area contributed by atoms with Crippen LogP contribution >= 0.6 is 0 Å². The molecule has 0 amide bonds. The minimum Gasteiger partial charge on any atom is -0.481 e. The molecule has 0 aromatic rings. The molecule has 0 radical (unpaired) electrons. The van der Waals surface area contributed by atoms with E-state index < -0.39 is 5.97 Å². The van der Waals surface area contributed by atoms with Gasteiger partial charge < -0.3 is 5.11 Å². The fourth-order valence-corrected chi connectivity index (χ4v) is 8.33. The van der Waals surface area contributed by atoms with Gasteiger partial charge in [0, 0.05) is 0 Å². The molecule has 4 aliphatic rings. The van der Waals surface area contributed by atoms with Gasteiger partial charge in [-0.05, 0) is 91.8 Å². The van der Waals surface area contributed by atoms with Crippen LogP contribution in [0.1, 0.15) is 85.0 Å². The molecule has 4 aliphatic carbocycles. The summed E-state index contributed by atoms with van der Waals surface area (Å²) in [6, 6.07) is 0. The molecule has 24 heavy (non-hydrogen) atoms. The summed E-state index contributed by atoms with van der Waals surface area (Å²) in [5, 5.41) is 9.57. The van der Waals surface area contributed by atoms with Gasteiger partial charge in [0.05, 0.1) is 5.92 Å². The van der Waals surface area contributed by atoms with Crippen molar-refractivity contribution in [1.29, 1.82) is 0 Å². The van der Waals surface area contributed by atoms with Crippen LogP contribution in [0.5, 0.6) is 0 Å². The van der Waals surface area contributed by atoms with Crippen LogP contribution in [0.4, 0.5) is 0 Å². The third-order valence-electron chi connectivity index (χ3n) is 9.65. The average Bonchev–Trinajstić information content (AvgIpc) is 2.90. The third-order valence-corrected chi connectivity index (χ3v) is 9.65. The summed E-state index contributed by atoms with van der Waals surface area (Å²) in [7, 11) is 0. The Bertz CT molecular complexity index is 514. The van der Waals surface area contributed by atoms with Crippen molar-refractivity contribution >= 4 is 5.97 Å². The Kier molecular flexibility index (Phi) is 4.05. The van der Waals surface area contributed by atoms with E-state index >= 15 is 0 Å². The van der Waals surface area contributed by atoms with Gasteiger partial charge in [-0.15, -0.1) is 0 Å². The molecule has 2 heteroatoms. The monoisotopic (exact) mass is 332 g/mol. The fourth-order valence-electron chi connectivity index (χ4n) is 8.33. The van der Waals surface area contributed by atoms with Crippen LogP contribution in [-0.2, 0) is 4.79 Å². The standard InChI is InChI=1S/C22H36O2/c1-14(20(23)24)17-9-10-18-16-8-7-15-6-4-5-12-21(15,2)19(16)11-13-22(17,18)3/h14-19H,4-13H2,1-3H3,(H,23,24)/t14-,15+,16-,17+,18-,19-,21-,22+/m0/s1. The van der Waals surface area contributed by atoms with Gasteiger partial charge in [0.15, 0.2) is 0 Å². The summed E-state index contributed by atoms with van der Waals surface area (Å²) in [5.41, 5.74) is 0.885. The fraction of sp³-hybridized carbons (Fsp3) is 0.955. The van der Waals surface area contributed by atoms with Crippen molar-refractivity contribution in [3.05, 3.63) is 0 Å². The molecule has 2 nitrogen and oxygen atoms in total. The summed E-state index contributed by atoms with van der Waals surface area (Å²) in [6.07, 6.45) is 13.8. The smallest absolute Gasteiger partial charge is 0.306 e. The van der Waals surface area contributed by atoms with E-state index in [9.17, 15) is 9.90 Å². The maximum Gasteiger partial charge on any atom is 0.306 e. The summed E-state index contributed by atoms with van der Waals surface area (Å²) < 4.78 is 0. The molecule has 4 rings (SSSR count). The van der Waals surface area contributed by atoms with Crippen LogP contribution in [0.3, 0.4) is 0 Å². The zero-order chi connectivity index (χ0) is 17.1. The highest BCUT2D eigenvalue weighted by molar-refractivity contribution is 5.70. The molecule has 0 bridgehead atoms. The molecule has 136 valence electrons. The first-order chi connectivity index (χ1) is 11.4. The first-order valence-electron chi connectivity index (χ1n) is 10.6. The molecule has 0 saturated heterocycles. The number of hydrogen-bond donors (Lipinski definition) is 1. The van der Waals surface area contributed by atoms with E-state index in [1.165, 1.54) is 57.8 Å². The van der Waals surface area contributed by atoms with Crippen molar-refractivity contribution in [3.63, 3.8) is 0 Å². The van der Waals surface area contributed by atoms with E-state index in [2.05, 4.69) is 13.8 Å². The number of hydrogen-bond acceptors (Lipinski definition) is 1. The second-order valence-electron chi connectivity index (χ2n) is 10.3. The molecule has 0 aromatic heterocycles. The zero-order valence-electron chi connectivity index (χ0n) is 15.9. The highest BCUT2D eigenvalue weighted by Gasteiger charge is 2.60. The molecular weight excluding hydrogens is 296 g/mol. The number of aliphatic carboxylic acids is 1. The Morgan fingerprint density at radius 3 is 2.42 bits per heavy atom. The zero-order valence-corrected chi connectivity index (χ0v) is 15.9. The Morgan fingerprint density at radius 2 is 1.67 bits per heavy atom. The summed E-state index contributed by atoms with van der Waals surface area (Å²) in [5.74, 6) is 3.24. The molecule has 8 atom stereocenters. The third kappa shape index (κ3) is 2.23. The lowest BCUT2D eigenvalue weighted by Crippen LogP contribution is -2.53. The minimum absolute atomic E-state index is 0.168. The molecule has 0 aliphatic heterocycles. The maximum absolute atomic E-state index is 11.6. The van der Waals surface area contributed by atoms with E-state index in [4.69, 9.17) is 0 Å². The highest BCUT2D eigenvalue weighted by Crippen LogP contribution is 2.68. The van der Waals surface area contributed by atoms with Gasteiger partial charge in [-0.3, -0.25) is 4.79 Å². The first-order valence-corrected chi connectivity index (χ1v) is 10.6. The molecule has 0 heterocycles. The number of carboxylic acid groups (broad SMARTS) is 1. The number of carboxylic acids is 1. The van der Waals surface area contributed by atoms with Crippen molar-refractivity contribution in [2.45, 2.75) is 85.0 Å². The first kappa shape index (κ1) is 16.9. The van der Waals surface area contributed by atoms with Gasteiger partial charge in [0.2, 0.25) is 0 Å². The quantitative estimate of drug-likeness (QED) is 0.698. The number of fused-ring (bicyclic) bond motifs is 5. The van der Waals surface area contributed by atoms with Crippen molar-refractivity contribution in [2.24, 2.45) is 46.3 Å². The normalized spacial score (nSPS) is 52.0. The SMILES string of the molecule is C[C@H](C(=O)O)[C@H]1CC[C@H]2[C@@H]3CC[C@H]4CCCC[C@]4(C)[C@H]3CC[C@]12C. The molecule has 0 unspecified atom stereocenters. The second-order valence-corrected chi connectivity index (χ2v) is 10.3. The Labute approximate surface area is 147 Å². The molecule has 1 N–H and O–H groups in total. The molecule has 0 aromatic carbocycles. The highest BCUT2D eigenvalue weighted by atomic mass is 16.4. The summed E-state index contributed by atoms with van der Waals surface area (Å²) >= 11 is 0. The average molecular weight is 333 g/mol. The largest absolute Gasteiger partial charge is 0.481 e. The lowest BCUT2D eigenvalue weighted by atomic mass is 9.44. The molecule has 0 spiro atoms. The van der Waals surface area contributed by atoms with Gasteiger partial charge in [0.1, 0.15) is 0 Å². The van der Waals surface area contributed by atoms with E-state index in [0.717, 1.165) is 30.1 Å². The maximum atomic E-state index is 11.6. The predicted octanol–water partition coefficient (Wildman–Crippen LogP) is 5.76. The van der Waals surface area contributed by atoms with Crippen LogP contribution in [-0.4, -0.2) is 11.1 Å². The Balaban J connectivity index is 1.60. The van der Waals surface area contributed by atoms with Gasteiger partial charge in [0.25, 0.3) is 0 Å². The van der Waals surface area contributed by atoms with Gasteiger partial charge in [-0.1, -0.05) is 33.6 Å². The Hall–Kier alpha value is -0.530. The van der Waals surface area contributed by atoms with E-state index in [1.54, 1.807) is 0 Å². The molecular formula is C22H36O2. The van der Waals surface area contributed by atoms with Gasteiger partial charge in [-0.2, -0.15) is 0 Å². The van der Waals surface area contributed by atoms with Crippen LogP contribution in [0.15, 0.2) is 0 Å². The van der Waals surface area contributed by atoms with Gasteiger partial charge >= 0.3 is 5.97 Å². The molecule has 4 fully saturated rings. The number of carbonyl (C=O) groups is 1. The van der Waals surface area contributed by atoms with E-state index in [-0.39, 0.29) is 11.3 Å². The summed E-state index contributed by atoms with van der Waals surface area (Å²) in [6.45, 7) is 7.05. The van der Waals surface area contributed by atoms with Crippen LogP contribution < -0.4 is 0 Å². The minimum atomic E-state index is -0.577. The second kappa shape index (κ2) is 5.74. The van der Waals surface area contributed by atoms with Crippen molar-refractivity contribution in [2.75, 3.05) is 0 Å². The van der Waals surface area contributed by atoms with Crippen molar-refractivity contribution in [1.82, 2.24) is 0 Å². The summed E-state index contributed by atoms with van der Waals surface area (Å²) in [4.78, 5) is 11.6. The lowest BCUT2D eigenvalue weighted by molar-refractivity contribution is -0.148. The van der Waals surface area contributed by atoms with E-state index in [0.29, 0.717) is 11.3 Å². The van der Waals surface area contributed by atoms with Crippen LogP contribution in [0, 0.1) is 46.3 Å². The van der Waals surface area contributed by atoms with Crippen LogP contribution in [0.25, 0.3) is 0 Å².